The van der Waals surface area contributed by atoms with Crippen LogP contribution in [0.25, 0.3) is 11.1 Å². The Hall–Kier alpha value is -1.90. The maximum atomic E-state index is 14.4. The Morgan fingerprint density at radius 1 is 1.00 bits per heavy atom. The summed E-state index contributed by atoms with van der Waals surface area (Å²) in [5, 5.41) is 2.07. The number of hydrogen-bond acceptors (Lipinski definition) is 2. The minimum atomic E-state index is -0.598. The molecule has 1 fully saturated rings. The third kappa shape index (κ3) is 5.12. The van der Waals surface area contributed by atoms with E-state index in [-0.39, 0.29) is 11.3 Å². The topological polar surface area (TPSA) is 12.4 Å². The maximum Gasteiger partial charge on any atom is 0.150 e. The molecular weight excluding hydrogens is 372 g/mol. The van der Waals surface area contributed by atoms with Gasteiger partial charge in [-0.15, -0.1) is 0 Å². The van der Waals surface area contributed by atoms with Gasteiger partial charge in [-0.05, 0) is 66.9 Å². The average Bonchev–Trinajstić information content (AvgIpc) is 2.72. The van der Waals surface area contributed by atoms with Gasteiger partial charge in [-0.25, -0.2) is 8.78 Å². The fourth-order valence-corrected chi connectivity index (χ4v) is 4.39. The van der Waals surface area contributed by atoms with Crippen LogP contribution >= 0.6 is 12.2 Å². The normalized spacial score (nSPS) is 19.2. The largest absolute Gasteiger partial charge is 0.206 e. The van der Waals surface area contributed by atoms with Crippen LogP contribution in [0, 0.1) is 17.6 Å². The summed E-state index contributed by atoms with van der Waals surface area (Å²) in [7, 11) is 0. The van der Waals surface area contributed by atoms with Gasteiger partial charge in [0.25, 0.3) is 0 Å². The van der Waals surface area contributed by atoms with Gasteiger partial charge in [-0.1, -0.05) is 56.9 Å². The first-order chi connectivity index (χ1) is 13.6. The molecule has 3 rings (SSSR count). The number of nitrogens with zero attached hydrogens (tertiary/aromatic N) is 1. The van der Waals surface area contributed by atoms with Gasteiger partial charge in [-0.2, -0.15) is 4.99 Å². The Balaban J connectivity index is 1.66. The second-order valence-corrected chi connectivity index (χ2v) is 8.00. The van der Waals surface area contributed by atoms with Crippen LogP contribution in [0.2, 0.25) is 0 Å². The summed E-state index contributed by atoms with van der Waals surface area (Å²) in [5.74, 6) is 0.356. The third-order valence-corrected chi connectivity index (χ3v) is 6.05. The number of unbranched alkanes of at least 4 members (excludes halogenated alkanes) is 2. The number of thiocarbonyl (C=S) groups is 1. The highest BCUT2D eigenvalue weighted by atomic mass is 32.1. The number of rotatable bonds is 7. The monoisotopic (exact) mass is 399 g/mol. The molecule has 0 radical (unpaired) electrons. The van der Waals surface area contributed by atoms with E-state index in [0.717, 1.165) is 12.0 Å². The maximum absolute atomic E-state index is 14.4. The van der Waals surface area contributed by atoms with Crippen molar-refractivity contribution >= 4 is 23.1 Å². The van der Waals surface area contributed by atoms with Crippen molar-refractivity contribution in [3.63, 3.8) is 0 Å². The van der Waals surface area contributed by atoms with Gasteiger partial charge >= 0.3 is 0 Å². The fraction of sp³-hybridized carbons (Fsp3) is 0.458. The van der Waals surface area contributed by atoms with Crippen LogP contribution < -0.4 is 0 Å². The molecule has 1 aliphatic carbocycles. The van der Waals surface area contributed by atoms with Crippen molar-refractivity contribution in [2.75, 3.05) is 0 Å². The zero-order valence-electron chi connectivity index (χ0n) is 16.4. The van der Waals surface area contributed by atoms with E-state index in [0.29, 0.717) is 11.5 Å². The number of benzene rings is 2. The molecular formula is C24H27F2NS. The molecule has 2 aromatic carbocycles. The molecule has 0 unspecified atom stereocenters. The molecule has 1 saturated carbocycles. The van der Waals surface area contributed by atoms with E-state index < -0.39 is 11.6 Å². The van der Waals surface area contributed by atoms with E-state index in [1.165, 1.54) is 63.0 Å². The fourth-order valence-electron chi connectivity index (χ4n) is 4.29. The van der Waals surface area contributed by atoms with Gasteiger partial charge in [0.1, 0.15) is 17.3 Å². The second kappa shape index (κ2) is 10.0. The Bertz CT molecular complexity index is 832. The molecule has 2 aromatic rings. The zero-order valence-corrected chi connectivity index (χ0v) is 17.2. The predicted octanol–water partition coefficient (Wildman–Crippen LogP) is 8.22. The standard InChI is InChI=1S/C24H27F2NS/c1-2-3-4-5-17-6-8-18(9-7-17)19-10-12-20(13-11-19)21-14-23(26)24(27-16-28)15-22(21)25/h10-15,17-18H,2-9H2,1H3. The van der Waals surface area contributed by atoms with Crippen LogP contribution in [-0.2, 0) is 0 Å². The van der Waals surface area contributed by atoms with Gasteiger partial charge in [0.15, 0.2) is 0 Å². The molecule has 0 aromatic heterocycles. The summed E-state index contributed by atoms with van der Waals surface area (Å²) in [5.41, 5.74) is 2.10. The van der Waals surface area contributed by atoms with Crippen LogP contribution in [-0.4, -0.2) is 5.16 Å². The minimum absolute atomic E-state index is 0.122. The molecule has 4 heteroatoms. The molecule has 0 heterocycles. The quantitative estimate of drug-likeness (QED) is 0.259. The van der Waals surface area contributed by atoms with E-state index >= 15 is 0 Å². The SMILES string of the molecule is CCCCCC1CCC(c2ccc(-c3cc(F)c(N=C=S)cc3F)cc2)CC1. The van der Waals surface area contributed by atoms with Crippen molar-refractivity contribution in [1.29, 1.82) is 0 Å². The Morgan fingerprint density at radius 2 is 1.71 bits per heavy atom. The first kappa shape index (κ1) is 20.8. The average molecular weight is 400 g/mol. The van der Waals surface area contributed by atoms with Crippen LogP contribution in [0.5, 0.6) is 0 Å². The Labute approximate surface area is 171 Å². The number of hydrogen-bond donors (Lipinski definition) is 0. The lowest BCUT2D eigenvalue weighted by Crippen LogP contribution is -2.13. The lowest BCUT2D eigenvalue weighted by molar-refractivity contribution is 0.303. The summed E-state index contributed by atoms with van der Waals surface area (Å²) < 4.78 is 28.5. The summed E-state index contributed by atoms with van der Waals surface area (Å²) >= 11 is 4.47. The van der Waals surface area contributed by atoms with Gasteiger partial charge in [0.05, 0.1) is 5.16 Å². The zero-order chi connectivity index (χ0) is 19.9. The second-order valence-electron chi connectivity index (χ2n) is 7.82. The molecule has 0 atom stereocenters. The van der Waals surface area contributed by atoms with E-state index in [9.17, 15) is 8.78 Å². The Kier molecular flexibility index (Phi) is 7.47. The van der Waals surface area contributed by atoms with Crippen LogP contribution in [0.15, 0.2) is 41.4 Å². The van der Waals surface area contributed by atoms with Crippen LogP contribution in [0.1, 0.15) is 69.8 Å². The molecule has 1 aliphatic rings. The smallest absolute Gasteiger partial charge is 0.150 e. The molecule has 0 bridgehead atoms. The van der Waals surface area contributed by atoms with E-state index in [4.69, 9.17) is 0 Å². The van der Waals surface area contributed by atoms with Crippen molar-refractivity contribution in [2.45, 2.75) is 64.2 Å². The summed E-state index contributed by atoms with van der Waals surface area (Å²) in [6, 6.07) is 10.2. The summed E-state index contributed by atoms with van der Waals surface area (Å²) in [4.78, 5) is 3.56. The highest BCUT2D eigenvalue weighted by Gasteiger charge is 2.22. The lowest BCUT2D eigenvalue weighted by Gasteiger charge is -2.29. The molecule has 148 valence electrons. The van der Waals surface area contributed by atoms with Crippen molar-refractivity contribution < 1.29 is 8.78 Å². The highest BCUT2D eigenvalue weighted by Crippen LogP contribution is 2.38. The van der Waals surface area contributed by atoms with E-state index in [1.54, 1.807) is 0 Å². The molecule has 0 amide bonds. The molecule has 0 spiro atoms. The van der Waals surface area contributed by atoms with Gasteiger partial charge in [0, 0.05) is 11.6 Å². The number of aliphatic imine (C=N–C) groups is 1. The first-order valence-corrected chi connectivity index (χ1v) is 10.7. The number of halogens is 2. The summed E-state index contributed by atoms with van der Waals surface area (Å²) in [6.07, 6.45) is 10.4. The summed E-state index contributed by atoms with van der Waals surface area (Å²) in [6.45, 7) is 2.25. The lowest BCUT2D eigenvalue weighted by atomic mass is 9.77. The predicted molar refractivity (Wildman–Crippen MR) is 115 cm³/mol. The Morgan fingerprint density at radius 3 is 2.36 bits per heavy atom. The van der Waals surface area contributed by atoms with Gasteiger partial charge in [-0.3, -0.25) is 0 Å². The molecule has 0 aliphatic heterocycles. The molecule has 0 saturated heterocycles. The van der Waals surface area contributed by atoms with Crippen molar-refractivity contribution in [3.8, 4) is 11.1 Å². The number of isothiocyanates is 1. The molecule has 1 nitrogen and oxygen atoms in total. The van der Waals surface area contributed by atoms with Crippen molar-refractivity contribution in [3.05, 3.63) is 53.6 Å². The van der Waals surface area contributed by atoms with Crippen molar-refractivity contribution in [1.82, 2.24) is 0 Å². The third-order valence-electron chi connectivity index (χ3n) is 5.96. The molecule has 0 N–H and O–H groups in total. The highest BCUT2D eigenvalue weighted by molar-refractivity contribution is 7.78. The van der Waals surface area contributed by atoms with Gasteiger partial charge in [0.2, 0.25) is 0 Å². The van der Waals surface area contributed by atoms with Crippen molar-refractivity contribution in [2.24, 2.45) is 10.9 Å². The first-order valence-electron chi connectivity index (χ1n) is 10.3. The molecule has 28 heavy (non-hydrogen) atoms. The van der Waals surface area contributed by atoms with E-state index in [2.05, 4.69) is 41.4 Å². The minimum Gasteiger partial charge on any atom is -0.206 e. The van der Waals surface area contributed by atoms with Crippen LogP contribution in [0.4, 0.5) is 14.5 Å². The van der Waals surface area contributed by atoms with Gasteiger partial charge < -0.3 is 0 Å². The van der Waals surface area contributed by atoms with E-state index in [1.807, 2.05) is 12.1 Å². The van der Waals surface area contributed by atoms with Crippen LogP contribution in [0.3, 0.4) is 0 Å².